The predicted octanol–water partition coefficient (Wildman–Crippen LogP) is 2.90. The van der Waals surface area contributed by atoms with Crippen molar-refractivity contribution in [3.63, 3.8) is 0 Å². The Bertz CT molecular complexity index is 2800. The van der Waals surface area contributed by atoms with E-state index in [1.807, 2.05) is 25.3 Å². The molecule has 4 aromatic rings. The van der Waals surface area contributed by atoms with Crippen LogP contribution < -0.4 is 56.2 Å². The first kappa shape index (κ1) is 62.4. The van der Waals surface area contributed by atoms with E-state index in [2.05, 4.69) is 62.6 Å². The molecule has 2 saturated heterocycles. The van der Waals surface area contributed by atoms with Crippen LogP contribution in [0.2, 0.25) is 0 Å². The summed E-state index contributed by atoms with van der Waals surface area (Å²) in [5, 5.41) is 29.6. The SMILES string of the molecule is COc1cc(N/C(O)=C(\C)[n+]2cccc(CONCCSCCNC(=O)c3ccc[n+](C(C)OC=Nc4ccc(NNC(=O)C(=O)NCCCN5CCOCC5)c(OC)c4)c3)c2)ccc1N=NC(=O)C(=O)NCCCN1CCOCC1. The second-order valence-electron chi connectivity index (χ2n) is 18.2. The van der Waals surface area contributed by atoms with Gasteiger partial charge in [-0.2, -0.15) is 20.9 Å². The molecule has 5 amide bonds. The Morgan fingerprint density at radius 2 is 1.48 bits per heavy atom. The number of aromatic nitrogens is 2. The standard InChI is InChI=1S/C54H72N14O12S/c1-39(49(69)60-44-12-14-46(48(34-44)76-4)62-64-54(74)52(72)56-16-8-20-66-25-29-78-30-26-66)67-21-5-9-41(35-67)37-80-59-18-32-81-31-17-57-50(70)42-10-6-22-68(36-42)40(2)79-38-58-43-11-13-45(47(33-43)75-3)61-63-53(73)51(71)55-15-7-19-65-23-27-77-28-24-65/h5-6,9-14,21-22,33-36,38,40,59H,7-8,15-20,23-32,37H2,1-4H3,(H5-2,55,56,57,60,61,62,63,64,69,70,71,72,73,74)/p+2/b49-39-,58-38?. The maximum absolute atomic E-state index is 13.0. The number of hydrogen-bond acceptors (Lipinski definition) is 20. The molecule has 26 nitrogen and oxygen atoms in total. The van der Waals surface area contributed by atoms with E-state index in [0.29, 0.717) is 105 Å². The zero-order valence-corrected chi connectivity index (χ0v) is 47.0. The summed E-state index contributed by atoms with van der Waals surface area (Å²) < 4.78 is 30.9. The number of aliphatic imine (C=N–C) groups is 1. The Morgan fingerprint density at radius 1 is 0.790 bits per heavy atom. The quantitative estimate of drug-likeness (QED) is 0.00544. The maximum Gasteiger partial charge on any atom is 0.353 e. The number of nitrogens with zero attached hydrogens (tertiary/aromatic N) is 7. The molecule has 4 heterocycles. The molecule has 2 fully saturated rings. The van der Waals surface area contributed by atoms with Gasteiger partial charge in [-0.25, -0.2) is 10.5 Å². The third-order valence-corrected chi connectivity index (χ3v) is 13.4. The maximum atomic E-state index is 13.0. The number of rotatable bonds is 30. The van der Waals surface area contributed by atoms with Gasteiger partial charge in [-0.05, 0) is 62.3 Å². The number of methoxy groups -OCH3 is 2. The van der Waals surface area contributed by atoms with Crippen molar-refractivity contribution in [2.75, 3.05) is 128 Å². The van der Waals surface area contributed by atoms with Crippen molar-refractivity contribution in [2.24, 2.45) is 15.2 Å². The van der Waals surface area contributed by atoms with Crippen molar-refractivity contribution in [3.05, 3.63) is 102 Å². The van der Waals surface area contributed by atoms with Gasteiger partial charge in [0.15, 0.2) is 31.2 Å². The molecule has 8 N–H and O–H groups in total. The van der Waals surface area contributed by atoms with Gasteiger partial charge >= 0.3 is 23.6 Å². The summed E-state index contributed by atoms with van der Waals surface area (Å²) in [5.41, 5.74) is 11.5. The number of carbonyl (C=O) groups is 5. The molecular weight excluding hydrogens is 1070 g/mol. The number of allylic oxidation sites excluding steroid dienone is 1. The number of ether oxygens (including phenoxy) is 5. The third kappa shape index (κ3) is 21.7. The van der Waals surface area contributed by atoms with E-state index >= 15 is 0 Å². The second-order valence-corrected chi connectivity index (χ2v) is 19.4. The number of hydroxylamine groups is 1. The number of aliphatic hydroxyl groups is 1. The smallest absolute Gasteiger partial charge is 0.353 e. The van der Waals surface area contributed by atoms with Crippen LogP contribution in [-0.4, -0.2) is 168 Å². The van der Waals surface area contributed by atoms with Gasteiger partial charge in [0.05, 0.1) is 58.6 Å². The van der Waals surface area contributed by atoms with Crippen LogP contribution in [0.25, 0.3) is 5.70 Å². The highest BCUT2D eigenvalue weighted by Crippen LogP contribution is 2.32. The molecule has 6 rings (SSSR count). The molecule has 1 unspecified atom stereocenters. The Morgan fingerprint density at radius 3 is 2.20 bits per heavy atom. The number of benzene rings is 2. The van der Waals surface area contributed by atoms with Crippen molar-refractivity contribution in [2.45, 2.75) is 39.5 Å². The topological polar surface area (TPSA) is 296 Å². The van der Waals surface area contributed by atoms with Crippen molar-refractivity contribution in [1.29, 1.82) is 0 Å². The van der Waals surface area contributed by atoms with Crippen LogP contribution in [0.15, 0.2) is 107 Å². The minimum atomic E-state index is -1.03. The van der Waals surface area contributed by atoms with Gasteiger partial charge in [0, 0.05) is 113 Å². The summed E-state index contributed by atoms with van der Waals surface area (Å²) in [4.78, 5) is 76.8. The molecule has 1 atom stereocenters. The molecule has 2 aliphatic heterocycles. The zero-order valence-electron chi connectivity index (χ0n) is 46.1. The summed E-state index contributed by atoms with van der Waals surface area (Å²) in [7, 11) is 2.90. The summed E-state index contributed by atoms with van der Waals surface area (Å²) in [6.45, 7) is 13.3. The van der Waals surface area contributed by atoms with Gasteiger partial charge in [0.25, 0.3) is 18.0 Å². The summed E-state index contributed by atoms with van der Waals surface area (Å²) in [6, 6.07) is 16.9. The molecule has 27 heteroatoms. The fourth-order valence-electron chi connectivity index (χ4n) is 7.87. The third-order valence-electron chi connectivity index (χ3n) is 12.4. The highest BCUT2D eigenvalue weighted by molar-refractivity contribution is 7.99. The van der Waals surface area contributed by atoms with Crippen molar-refractivity contribution < 1.29 is 66.7 Å². The fourth-order valence-corrected chi connectivity index (χ4v) is 8.55. The normalized spacial score (nSPS) is 14.6. The first-order valence-corrected chi connectivity index (χ1v) is 27.7. The van der Waals surface area contributed by atoms with Crippen LogP contribution >= 0.6 is 11.8 Å². The van der Waals surface area contributed by atoms with Crippen LogP contribution in [0.5, 0.6) is 11.5 Å². The lowest BCUT2D eigenvalue weighted by molar-refractivity contribution is -0.751. The molecular formula is C54H74N14O12S+2. The average Bonchev–Trinajstić information content (AvgIpc) is 3.54. The van der Waals surface area contributed by atoms with Crippen LogP contribution in [0.4, 0.5) is 22.7 Å². The molecule has 436 valence electrons. The molecule has 2 aromatic carbocycles. The van der Waals surface area contributed by atoms with Gasteiger partial charge in [-0.3, -0.25) is 49.5 Å². The minimum absolute atomic E-state index is 0.130. The van der Waals surface area contributed by atoms with Crippen LogP contribution in [0, 0.1) is 0 Å². The number of azo groups is 1. The van der Waals surface area contributed by atoms with Gasteiger partial charge in [-0.1, -0.05) is 0 Å². The van der Waals surface area contributed by atoms with Gasteiger partial charge in [0.1, 0.15) is 22.7 Å². The van der Waals surface area contributed by atoms with Crippen LogP contribution in [0.1, 0.15) is 48.8 Å². The fraction of sp³-hybridized carbons (Fsp3) is 0.444. The Hall–Kier alpha value is -7.79. The van der Waals surface area contributed by atoms with Crippen molar-refractivity contribution >= 4 is 76.1 Å². The van der Waals surface area contributed by atoms with E-state index in [4.69, 9.17) is 28.5 Å². The van der Waals surface area contributed by atoms with Gasteiger partial charge < -0.3 is 50.1 Å². The van der Waals surface area contributed by atoms with E-state index in [1.54, 1.807) is 94.9 Å². The lowest BCUT2D eigenvalue weighted by atomic mass is 10.2. The number of morpholine rings is 2. The molecule has 2 aliphatic rings. The molecule has 81 heavy (non-hydrogen) atoms. The molecule has 0 spiro atoms. The predicted molar refractivity (Wildman–Crippen MR) is 302 cm³/mol. The largest absolute Gasteiger partial charge is 0.494 e. The number of amides is 5. The van der Waals surface area contributed by atoms with E-state index < -0.39 is 29.9 Å². The highest BCUT2D eigenvalue weighted by atomic mass is 32.2. The first-order chi connectivity index (χ1) is 39.4. The Balaban J connectivity index is 0.832. The van der Waals surface area contributed by atoms with Crippen LogP contribution in [0.3, 0.4) is 0 Å². The lowest BCUT2D eigenvalue weighted by Gasteiger charge is -2.26. The summed E-state index contributed by atoms with van der Waals surface area (Å²) in [6.07, 6.45) is 9.29. The van der Waals surface area contributed by atoms with Crippen molar-refractivity contribution in [1.82, 2.24) is 36.7 Å². The molecule has 0 radical (unpaired) electrons. The molecule has 0 bridgehead atoms. The second kappa shape index (κ2) is 34.4. The van der Waals surface area contributed by atoms with Gasteiger partial charge in [0.2, 0.25) is 5.70 Å². The Labute approximate surface area is 474 Å². The summed E-state index contributed by atoms with van der Waals surface area (Å²) >= 11 is 1.65. The van der Waals surface area contributed by atoms with Gasteiger partial charge in [-0.15, -0.1) is 10.2 Å². The van der Waals surface area contributed by atoms with Crippen molar-refractivity contribution in [3.8, 4) is 11.5 Å². The monoisotopic (exact) mass is 1140 g/mol. The molecule has 0 aliphatic carbocycles. The van der Waals surface area contributed by atoms with E-state index in [9.17, 15) is 29.1 Å². The first-order valence-electron chi connectivity index (χ1n) is 26.5. The number of carbonyl (C=O) groups excluding carboxylic acids is 5. The number of nitrogens with one attached hydrogen (secondary N) is 7. The number of pyridine rings is 2. The highest BCUT2D eigenvalue weighted by Gasteiger charge is 2.20. The summed E-state index contributed by atoms with van der Waals surface area (Å²) in [5.74, 6) is -1.76. The Kier molecular flexibility index (Phi) is 26.5. The number of hydrazine groups is 1. The number of aliphatic hydroxyl groups excluding tert-OH is 1. The molecule has 0 saturated carbocycles. The van der Waals surface area contributed by atoms with E-state index in [0.717, 1.165) is 50.6 Å². The number of hydrogen-bond donors (Lipinski definition) is 8. The van der Waals surface area contributed by atoms with E-state index in [-0.39, 0.29) is 29.8 Å². The van der Waals surface area contributed by atoms with E-state index in [1.165, 1.54) is 20.6 Å². The average molecular weight is 1140 g/mol. The molecule has 2 aromatic heterocycles. The minimum Gasteiger partial charge on any atom is -0.494 e. The lowest BCUT2D eigenvalue weighted by Crippen LogP contribution is -2.43. The van der Waals surface area contributed by atoms with Crippen LogP contribution in [-0.2, 0) is 44.8 Å². The number of anilines is 2. The zero-order chi connectivity index (χ0) is 57.6. The number of thioether (sulfide) groups is 1.